The van der Waals surface area contributed by atoms with Gasteiger partial charge < -0.3 is 28.8 Å². The third-order valence-corrected chi connectivity index (χ3v) is 15.6. The van der Waals surface area contributed by atoms with E-state index in [9.17, 15) is 19.4 Å². The lowest BCUT2D eigenvalue weighted by atomic mass is 10.0. The third kappa shape index (κ3) is 59.9. The Kier molecular flexibility index (Phi) is 56.5. The molecule has 0 bridgehead atoms. The topological polar surface area (TPSA) is 108 Å². The summed E-state index contributed by atoms with van der Waals surface area (Å²) in [5.41, 5.74) is 0. The van der Waals surface area contributed by atoms with Gasteiger partial charge in [0.15, 0.2) is 0 Å². The van der Waals surface area contributed by atoms with E-state index >= 15 is 0 Å². The fourth-order valence-electron chi connectivity index (χ4n) is 9.57. The summed E-state index contributed by atoms with van der Waals surface area (Å²) < 4.78 is 23.4. The number of aliphatic hydroxyl groups is 1. The maximum atomic E-state index is 13.0. The molecule has 8 nitrogen and oxygen atoms in total. The van der Waals surface area contributed by atoms with Gasteiger partial charge in [0.25, 0.3) is 7.82 Å². The molecule has 3 atom stereocenters. The van der Waals surface area contributed by atoms with E-state index < -0.39 is 26.6 Å². The average Bonchev–Trinajstić information content (AvgIpc) is 3.38. The van der Waals surface area contributed by atoms with Crippen molar-refractivity contribution in [3.05, 3.63) is 60.8 Å². The number of phosphoric acid groups is 1. The molecule has 2 N–H and O–H groups in total. The van der Waals surface area contributed by atoms with Gasteiger partial charge in [-0.3, -0.25) is 9.36 Å². The zero-order valence-corrected chi connectivity index (χ0v) is 51.9. The first-order valence-corrected chi connectivity index (χ1v) is 34.1. The van der Waals surface area contributed by atoms with Crippen molar-refractivity contribution in [2.45, 2.75) is 321 Å². The quantitative estimate of drug-likeness (QED) is 0.0272. The summed E-state index contributed by atoms with van der Waals surface area (Å²) >= 11 is 0. The minimum absolute atomic E-state index is 0.00939. The van der Waals surface area contributed by atoms with Crippen LogP contribution in [0.1, 0.15) is 309 Å². The number of quaternary nitrogens is 1. The molecular formula is C67H127N2O6P. The lowest BCUT2D eigenvalue weighted by molar-refractivity contribution is -0.870. The Hall–Kier alpha value is -1.80. The highest BCUT2D eigenvalue weighted by atomic mass is 31.2. The second-order valence-electron chi connectivity index (χ2n) is 23.4. The summed E-state index contributed by atoms with van der Waals surface area (Å²) in [6.07, 6.45) is 79.0. The Morgan fingerprint density at radius 3 is 1.14 bits per heavy atom. The van der Waals surface area contributed by atoms with Crippen LogP contribution >= 0.6 is 7.82 Å². The van der Waals surface area contributed by atoms with Gasteiger partial charge in [0.1, 0.15) is 13.2 Å². The number of amides is 1. The molecule has 0 heterocycles. The summed E-state index contributed by atoms with van der Waals surface area (Å²) in [6.45, 7) is 4.65. The van der Waals surface area contributed by atoms with Crippen LogP contribution in [0.3, 0.4) is 0 Å². The Labute approximate surface area is 472 Å². The maximum Gasteiger partial charge on any atom is 0.268 e. The zero-order valence-electron chi connectivity index (χ0n) is 51.0. The Morgan fingerprint density at radius 1 is 0.461 bits per heavy atom. The van der Waals surface area contributed by atoms with Crippen LogP contribution in [0.5, 0.6) is 0 Å². The maximum absolute atomic E-state index is 13.0. The molecule has 0 rings (SSSR count). The molecular weight excluding hydrogens is 960 g/mol. The van der Waals surface area contributed by atoms with E-state index in [0.29, 0.717) is 17.4 Å². The first-order chi connectivity index (χ1) is 37.0. The normalized spacial score (nSPS) is 14.1. The molecule has 9 heteroatoms. The highest BCUT2D eigenvalue weighted by molar-refractivity contribution is 7.45. The third-order valence-electron chi connectivity index (χ3n) is 14.7. The van der Waals surface area contributed by atoms with E-state index in [4.69, 9.17) is 9.05 Å². The molecule has 1 amide bonds. The standard InChI is InChI=1S/C67H127N2O6P/c1-6-8-10-12-14-16-18-20-22-24-26-28-30-32-33-34-35-37-39-41-43-45-47-49-51-53-55-57-59-61-67(71)68-65(64-75-76(72,73)74-63-62-69(3,4)5)66(70)60-58-56-54-52-50-48-46-44-42-40-38-36-31-29-27-25-23-21-19-17-15-13-11-9-7-2/h18,20,24,26,42,44,50,52,58,60,65-66,70H,6-17,19,21-23,25,27-41,43,45-49,51,53-57,59,61-64H2,1-5H3,(H-,68,71,72,73)/b20-18-,26-24-,44-42+,52-50+,60-58+. The van der Waals surface area contributed by atoms with Crippen molar-refractivity contribution in [2.24, 2.45) is 0 Å². The van der Waals surface area contributed by atoms with Crippen molar-refractivity contribution in [1.29, 1.82) is 0 Å². The lowest BCUT2D eigenvalue weighted by Crippen LogP contribution is -2.45. The van der Waals surface area contributed by atoms with Crippen molar-refractivity contribution in [3.63, 3.8) is 0 Å². The Morgan fingerprint density at radius 2 is 0.776 bits per heavy atom. The first kappa shape index (κ1) is 74.2. The SMILES string of the molecule is CCCCCCC/C=C\C/C=C\CCCCCCCCCCCCCCCCCCCC(=O)NC(COP(=O)([O-])OCC[N+](C)(C)C)C(O)/C=C/CC/C=C/CC/C=C/CCCCCCCCCCCCCCCCC. The highest BCUT2D eigenvalue weighted by Gasteiger charge is 2.23. The number of nitrogens with zero attached hydrogens (tertiary/aromatic N) is 1. The van der Waals surface area contributed by atoms with Crippen LogP contribution < -0.4 is 10.2 Å². The molecule has 0 aromatic heterocycles. The fraction of sp³-hybridized carbons (Fsp3) is 0.836. The van der Waals surface area contributed by atoms with Crippen LogP contribution in [-0.4, -0.2) is 68.5 Å². The van der Waals surface area contributed by atoms with Crippen molar-refractivity contribution < 1.29 is 32.9 Å². The molecule has 3 unspecified atom stereocenters. The van der Waals surface area contributed by atoms with Crippen molar-refractivity contribution >= 4 is 13.7 Å². The Balaban J connectivity index is 4.17. The summed E-state index contributed by atoms with van der Waals surface area (Å²) in [6, 6.07) is -0.912. The molecule has 0 fully saturated rings. The number of likely N-dealkylation sites (N-methyl/N-ethyl adjacent to an activating group) is 1. The van der Waals surface area contributed by atoms with Crippen LogP contribution in [0.15, 0.2) is 60.8 Å². The van der Waals surface area contributed by atoms with Crippen LogP contribution in [0.25, 0.3) is 0 Å². The largest absolute Gasteiger partial charge is 0.756 e. The van der Waals surface area contributed by atoms with Gasteiger partial charge in [-0.05, 0) is 77.0 Å². The van der Waals surface area contributed by atoms with Crippen LogP contribution in [0.4, 0.5) is 0 Å². The molecule has 0 aromatic carbocycles. The number of carbonyl (C=O) groups is 1. The summed E-state index contributed by atoms with van der Waals surface area (Å²) in [5, 5.41) is 13.9. The van der Waals surface area contributed by atoms with Gasteiger partial charge in [0.05, 0.1) is 39.9 Å². The van der Waals surface area contributed by atoms with Gasteiger partial charge in [0, 0.05) is 6.42 Å². The number of phosphoric ester groups is 1. The van der Waals surface area contributed by atoms with Gasteiger partial charge in [-0.25, -0.2) is 0 Å². The van der Waals surface area contributed by atoms with Gasteiger partial charge in [0.2, 0.25) is 5.91 Å². The molecule has 0 aromatic rings. The molecule has 76 heavy (non-hydrogen) atoms. The van der Waals surface area contributed by atoms with Crippen molar-refractivity contribution in [3.8, 4) is 0 Å². The smallest absolute Gasteiger partial charge is 0.268 e. The summed E-state index contributed by atoms with van der Waals surface area (Å²) in [5.74, 6) is -0.208. The number of unbranched alkanes of at least 4 members (excludes halogenated alkanes) is 39. The minimum Gasteiger partial charge on any atom is -0.756 e. The lowest BCUT2D eigenvalue weighted by Gasteiger charge is -2.29. The highest BCUT2D eigenvalue weighted by Crippen LogP contribution is 2.38. The van der Waals surface area contributed by atoms with Crippen LogP contribution in [0.2, 0.25) is 0 Å². The minimum atomic E-state index is -4.61. The number of hydrogen-bond donors (Lipinski definition) is 2. The van der Waals surface area contributed by atoms with E-state index in [1.54, 1.807) is 6.08 Å². The van der Waals surface area contributed by atoms with Gasteiger partial charge in [-0.2, -0.15) is 0 Å². The molecule has 0 aliphatic rings. The molecule has 0 aliphatic heterocycles. The number of nitrogens with one attached hydrogen (secondary N) is 1. The molecule has 0 radical (unpaired) electrons. The number of hydrogen-bond acceptors (Lipinski definition) is 6. The van der Waals surface area contributed by atoms with Crippen molar-refractivity contribution in [2.75, 3.05) is 40.9 Å². The average molecular weight is 1090 g/mol. The van der Waals surface area contributed by atoms with Crippen molar-refractivity contribution in [1.82, 2.24) is 5.32 Å². The summed E-state index contributed by atoms with van der Waals surface area (Å²) in [4.78, 5) is 25.6. The van der Waals surface area contributed by atoms with E-state index in [1.807, 2.05) is 27.2 Å². The molecule has 0 saturated heterocycles. The number of rotatable bonds is 60. The van der Waals surface area contributed by atoms with Gasteiger partial charge in [-0.1, -0.05) is 286 Å². The molecule has 0 aliphatic carbocycles. The van der Waals surface area contributed by atoms with Crippen LogP contribution in [-0.2, 0) is 18.4 Å². The summed E-state index contributed by atoms with van der Waals surface area (Å²) in [7, 11) is 1.24. The van der Waals surface area contributed by atoms with Gasteiger partial charge >= 0.3 is 0 Å². The zero-order chi connectivity index (χ0) is 55.6. The first-order valence-electron chi connectivity index (χ1n) is 32.7. The number of carbonyl (C=O) groups excluding carboxylic acids is 1. The molecule has 446 valence electrons. The van der Waals surface area contributed by atoms with E-state index in [0.717, 1.165) is 51.4 Å². The second kappa shape index (κ2) is 57.9. The predicted molar refractivity (Wildman–Crippen MR) is 330 cm³/mol. The number of aliphatic hydroxyl groups excluding tert-OH is 1. The fourth-order valence-corrected chi connectivity index (χ4v) is 10.3. The monoisotopic (exact) mass is 1090 g/mol. The van der Waals surface area contributed by atoms with E-state index in [-0.39, 0.29) is 12.5 Å². The molecule has 0 spiro atoms. The number of allylic oxidation sites excluding steroid dienone is 9. The predicted octanol–water partition coefficient (Wildman–Crippen LogP) is 19.8. The Bertz CT molecular complexity index is 1420. The van der Waals surface area contributed by atoms with Crippen LogP contribution in [0, 0.1) is 0 Å². The second-order valence-corrected chi connectivity index (χ2v) is 24.9. The van der Waals surface area contributed by atoms with Gasteiger partial charge in [-0.15, -0.1) is 0 Å². The molecule has 0 saturated carbocycles. The van der Waals surface area contributed by atoms with E-state index in [2.05, 4.69) is 67.8 Å². The van der Waals surface area contributed by atoms with E-state index in [1.165, 1.54) is 238 Å².